The van der Waals surface area contributed by atoms with Gasteiger partial charge in [0, 0.05) is 6.42 Å². The van der Waals surface area contributed by atoms with Gasteiger partial charge >= 0.3 is 0 Å². The van der Waals surface area contributed by atoms with Gasteiger partial charge in [0.15, 0.2) is 0 Å². The van der Waals surface area contributed by atoms with Gasteiger partial charge in [-0.2, -0.15) is 0 Å². The maximum Gasteiger partial charge on any atom is 0.102 e. The third kappa shape index (κ3) is 10.1. The van der Waals surface area contributed by atoms with Crippen LogP contribution in [-0.4, -0.2) is 60.7 Å². The van der Waals surface area contributed by atoms with Crippen molar-refractivity contribution in [2.24, 2.45) is 0 Å². The number of ether oxygens (including phenoxy) is 3. The molecule has 5 heteroatoms. The molecule has 37 heavy (non-hydrogen) atoms. The standard InChI is InChI=1S/C32H49NO4/c1-4-6-7-8-15-21-33(3)31-29(35-23-26-17-11-9-12-18-26)22-30(32(31)37-25-28(34)16-5-2)36-24-27-19-13-10-14-20-27/h9-14,17-20,28-32,34H,4-8,15-16,21-25H2,1-3H3. The van der Waals surface area contributed by atoms with Gasteiger partial charge in [-0.05, 0) is 37.6 Å². The maximum atomic E-state index is 10.5. The van der Waals surface area contributed by atoms with E-state index in [1.807, 2.05) is 24.3 Å². The van der Waals surface area contributed by atoms with Crippen LogP contribution in [0.2, 0.25) is 0 Å². The molecule has 0 spiro atoms. The van der Waals surface area contributed by atoms with E-state index in [9.17, 15) is 5.11 Å². The zero-order valence-corrected chi connectivity index (χ0v) is 23.3. The van der Waals surface area contributed by atoms with Crippen molar-refractivity contribution in [3.05, 3.63) is 71.8 Å². The quantitative estimate of drug-likeness (QED) is 0.235. The summed E-state index contributed by atoms with van der Waals surface area (Å²) < 4.78 is 19.6. The van der Waals surface area contributed by atoms with Crippen molar-refractivity contribution in [2.75, 3.05) is 20.2 Å². The molecule has 0 amide bonds. The van der Waals surface area contributed by atoms with Crippen LogP contribution in [0.15, 0.2) is 60.7 Å². The summed E-state index contributed by atoms with van der Waals surface area (Å²) in [6, 6.07) is 20.8. The van der Waals surface area contributed by atoms with E-state index in [2.05, 4.69) is 62.2 Å². The highest BCUT2D eigenvalue weighted by Crippen LogP contribution is 2.33. The van der Waals surface area contributed by atoms with Gasteiger partial charge in [-0.1, -0.05) is 107 Å². The lowest BCUT2D eigenvalue weighted by Gasteiger charge is -2.34. The molecule has 0 radical (unpaired) electrons. The van der Waals surface area contributed by atoms with Crippen molar-refractivity contribution in [2.45, 2.75) is 109 Å². The van der Waals surface area contributed by atoms with Crippen molar-refractivity contribution in [1.82, 2.24) is 4.90 Å². The van der Waals surface area contributed by atoms with E-state index in [4.69, 9.17) is 14.2 Å². The fourth-order valence-electron chi connectivity index (χ4n) is 5.31. The zero-order chi connectivity index (χ0) is 26.3. The Hall–Kier alpha value is -1.76. The van der Waals surface area contributed by atoms with Gasteiger partial charge in [0.1, 0.15) is 6.10 Å². The molecule has 2 aromatic rings. The number of unbranched alkanes of at least 4 members (excludes halogenated alkanes) is 4. The first-order valence-corrected chi connectivity index (χ1v) is 14.4. The third-order valence-corrected chi connectivity index (χ3v) is 7.39. The Morgan fingerprint density at radius 2 is 1.38 bits per heavy atom. The molecule has 5 atom stereocenters. The predicted molar refractivity (Wildman–Crippen MR) is 150 cm³/mol. The second-order valence-corrected chi connectivity index (χ2v) is 10.5. The number of hydrogen-bond acceptors (Lipinski definition) is 5. The number of rotatable bonds is 18. The van der Waals surface area contributed by atoms with Crippen LogP contribution in [0.4, 0.5) is 0 Å². The summed E-state index contributed by atoms with van der Waals surface area (Å²) in [5.74, 6) is 0. The van der Waals surface area contributed by atoms with Crippen LogP contribution in [-0.2, 0) is 27.4 Å². The highest BCUT2D eigenvalue weighted by molar-refractivity contribution is 5.15. The monoisotopic (exact) mass is 511 g/mol. The first-order chi connectivity index (χ1) is 18.1. The Labute approximate surface area is 225 Å². The van der Waals surface area contributed by atoms with E-state index in [-0.39, 0.29) is 24.4 Å². The molecule has 1 saturated carbocycles. The van der Waals surface area contributed by atoms with Crippen LogP contribution >= 0.6 is 0 Å². The second kappa shape index (κ2) is 17.0. The van der Waals surface area contributed by atoms with Crippen molar-refractivity contribution < 1.29 is 19.3 Å². The van der Waals surface area contributed by atoms with Crippen molar-refractivity contribution in [1.29, 1.82) is 0 Å². The summed E-state index contributed by atoms with van der Waals surface area (Å²) in [4.78, 5) is 2.42. The Balaban J connectivity index is 1.73. The lowest BCUT2D eigenvalue weighted by atomic mass is 10.1. The first kappa shape index (κ1) is 29.8. The van der Waals surface area contributed by atoms with Gasteiger partial charge < -0.3 is 19.3 Å². The van der Waals surface area contributed by atoms with Gasteiger partial charge in [0.25, 0.3) is 0 Å². The lowest BCUT2D eigenvalue weighted by Crippen LogP contribution is -2.49. The summed E-state index contributed by atoms with van der Waals surface area (Å²) in [6.45, 7) is 6.79. The Morgan fingerprint density at radius 3 is 1.97 bits per heavy atom. The summed E-state index contributed by atoms with van der Waals surface area (Å²) >= 11 is 0. The van der Waals surface area contributed by atoms with Crippen LogP contribution < -0.4 is 0 Å². The highest BCUT2D eigenvalue weighted by atomic mass is 16.6. The minimum absolute atomic E-state index is 0.00469. The largest absolute Gasteiger partial charge is 0.391 e. The molecule has 1 aliphatic rings. The molecule has 3 rings (SSSR count). The molecule has 2 aromatic carbocycles. The van der Waals surface area contributed by atoms with Gasteiger partial charge in [-0.3, -0.25) is 4.90 Å². The fourth-order valence-corrected chi connectivity index (χ4v) is 5.31. The van der Waals surface area contributed by atoms with Crippen molar-refractivity contribution >= 4 is 0 Å². The third-order valence-electron chi connectivity index (χ3n) is 7.39. The van der Waals surface area contributed by atoms with Crippen LogP contribution in [0.5, 0.6) is 0 Å². The van der Waals surface area contributed by atoms with Crippen LogP contribution in [0.25, 0.3) is 0 Å². The maximum absolute atomic E-state index is 10.5. The van der Waals surface area contributed by atoms with Gasteiger partial charge in [0.05, 0.1) is 44.2 Å². The van der Waals surface area contributed by atoms with Crippen LogP contribution in [0.3, 0.4) is 0 Å². The number of likely N-dealkylation sites (N-methyl/N-ethyl adjacent to an activating group) is 1. The lowest BCUT2D eigenvalue weighted by molar-refractivity contribution is -0.107. The molecule has 1 fully saturated rings. The summed E-state index contributed by atoms with van der Waals surface area (Å²) in [7, 11) is 2.20. The molecular formula is C32H49NO4. The van der Waals surface area contributed by atoms with Gasteiger partial charge in [-0.25, -0.2) is 0 Å². The molecule has 1 N–H and O–H groups in total. The van der Waals surface area contributed by atoms with Gasteiger partial charge in [-0.15, -0.1) is 0 Å². The summed E-state index contributed by atoms with van der Waals surface area (Å²) in [6.07, 6.45) is 8.00. The average molecular weight is 512 g/mol. The Bertz CT molecular complexity index is 833. The van der Waals surface area contributed by atoms with E-state index in [1.165, 1.54) is 37.7 Å². The van der Waals surface area contributed by atoms with Gasteiger partial charge in [0.2, 0.25) is 0 Å². The van der Waals surface area contributed by atoms with E-state index in [1.54, 1.807) is 0 Å². The minimum atomic E-state index is -0.455. The van der Waals surface area contributed by atoms with Crippen molar-refractivity contribution in [3.8, 4) is 0 Å². The molecular weight excluding hydrogens is 462 g/mol. The zero-order valence-electron chi connectivity index (χ0n) is 23.3. The number of nitrogens with zero attached hydrogens (tertiary/aromatic N) is 1. The fraction of sp³-hybridized carbons (Fsp3) is 0.625. The van der Waals surface area contributed by atoms with E-state index >= 15 is 0 Å². The van der Waals surface area contributed by atoms with Crippen LogP contribution in [0.1, 0.15) is 76.3 Å². The molecule has 0 bridgehead atoms. The summed E-state index contributed by atoms with van der Waals surface area (Å²) in [5, 5.41) is 10.5. The van der Waals surface area contributed by atoms with E-state index in [0.717, 1.165) is 31.4 Å². The Morgan fingerprint density at radius 1 is 0.784 bits per heavy atom. The smallest absolute Gasteiger partial charge is 0.102 e. The molecule has 5 nitrogen and oxygen atoms in total. The average Bonchev–Trinajstić information content (AvgIpc) is 3.28. The molecule has 0 heterocycles. The summed E-state index contributed by atoms with van der Waals surface area (Å²) in [5.41, 5.74) is 2.33. The molecule has 206 valence electrons. The topological polar surface area (TPSA) is 51.2 Å². The number of aliphatic hydroxyl groups excluding tert-OH is 1. The molecule has 0 aromatic heterocycles. The normalized spacial score (nSPS) is 22.5. The molecule has 0 saturated heterocycles. The highest BCUT2D eigenvalue weighted by Gasteiger charge is 2.47. The first-order valence-electron chi connectivity index (χ1n) is 14.4. The second-order valence-electron chi connectivity index (χ2n) is 10.5. The minimum Gasteiger partial charge on any atom is -0.391 e. The molecule has 1 aliphatic carbocycles. The number of benzene rings is 2. The van der Waals surface area contributed by atoms with E-state index < -0.39 is 6.10 Å². The predicted octanol–water partition coefficient (Wildman–Crippen LogP) is 6.38. The Kier molecular flexibility index (Phi) is 13.6. The molecule has 5 unspecified atom stereocenters. The van der Waals surface area contributed by atoms with Crippen molar-refractivity contribution in [3.63, 3.8) is 0 Å². The number of aliphatic hydroxyl groups is 1. The van der Waals surface area contributed by atoms with E-state index in [0.29, 0.717) is 19.8 Å². The SMILES string of the molecule is CCCCCCCN(C)C1C(OCc2ccccc2)CC(OCc2ccccc2)C1OCC(O)CCC. The van der Waals surface area contributed by atoms with Crippen LogP contribution in [0, 0.1) is 0 Å². The molecule has 0 aliphatic heterocycles. The number of hydrogen-bond donors (Lipinski definition) is 1.